The Morgan fingerprint density at radius 3 is 2.41 bits per heavy atom. The zero-order valence-electron chi connectivity index (χ0n) is 9.63. The Morgan fingerprint density at radius 2 is 1.88 bits per heavy atom. The normalized spacial score (nSPS) is 10.6. The summed E-state index contributed by atoms with van der Waals surface area (Å²) in [5.41, 5.74) is 0. The Balaban J connectivity index is 3.12. The summed E-state index contributed by atoms with van der Waals surface area (Å²) >= 11 is 0. The molecule has 6 heteroatoms. The number of benzene rings is 1. The second-order valence-electron chi connectivity index (χ2n) is 3.24. The lowest BCUT2D eigenvalue weighted by molar-refractivity contribution is 0.354. The van der Waals surface area contributed by atoms with Crippen LogP contribution in [0.4, 0.5) is 0 Å². The lowest BCUT2D eigenvalue weighted by atomic mass is 10.3. The molecule has 0 atom stereocenters. The maximum Gasteiger partial charge on any atom is 0.179 e. The summed E-state index contributed by atoms with van der Waals surface area (Å²) in [6, 6.07) is 6.17. The van der Waals surface area contributed by atoms with Gasteiger partial charge < -0.3 is 9.47 Å². The molecule has 0 aliphatic carbocycles. The van der Waals surface area contributed by atoms with Crippen LogP contribution in [0, 0.1) is 11.3 Å². The van der Waals surface area contributed by atoms with Gasteiger partial charge in [-0.15, -0.1) is 0 Å². The first-order valence-electron chi connectivity index (χ1n) is 4.87. The van der Waals surface area contributed by atoms with Crippen LogP contribution in [0.3, 0.4) is 0 Å². The van der Waals surface area contributed by atoms with Crippen LogP contribution >= 0.6 is 0 Å². The SMILES string of the molecule is COc1ccc(S(=O)(=O)CCC#N)cc1OC. The fraction of sp³-hybridized carbons (Fsp3) is 0.364. The van der Waals surface area contributed by atoms with Gasteiger partial charge in [0.05, 0.1) is 30.9 Å². The van der Waals surface area contributed by atoms with Crippen LogP contribution in [0.2, 0.25) is 0 Å². The highest BCUT2D eigenvalue weighted by Gasteiger charge is 2.16. The van der Waals surface area contributed by atoms with Crippen LogP contribution in [0.1, 0.15) is 6.42 Å². The molecule has 0 radical (unpaired) electrons. The first-order chi connectivity index (χ1) is 8.05. The van der Waals surface area contributed by atoms with Crippen LogP contribution in [0.25, 0.3) is 0 Å². The summed E-state index contributed by atoms with van der Waals surface area (Å²) in [5, 5.41) is 8.40. The standard InChI is InChI=1S/C11H13NO4S/c1-15-10-5-4-9(8-11(10)16-2)17(13,14)7-3-6-12/h4-5,8H,3,7H2,1-2H3. The third kappa shape index (κ3) is 3.11. The van der Waals surface area contributed by atoms with Crippen molar-refractivity contribution in [3.63, 3.8) is 0 Å². The first kappa shape index (κ1) is 13.3. The fourth-order valence-corrected chi connectivity index (χ4v) is 2.47. The minimum atomic E-state index is -3.44. The quantitative estimate of drug-likeness (QED) is 0.794. The molecule has 0 bridgehead atoms. The molecule has 0 heterocycles. The van der Waals surface area contributed by atoms with E-state index in [0.717, 1.165) is 0 Å². The molecule has 5 nitrogen and oxygen atoms in total. The van der Waals surface area contributed by atoms with Gasteiger partial charge in [0.25, 0.3) is 0 Å². The van der Waals surface area contributed by atoms with Crippen molar-refractivity contribution in [3.05, 3.63) is 18.2 Å². The van der Waals surface area contributed by atoms with Gasteiger partial charge in [-0.3, -0.25) is 0 Å². The maximum atomic E-state index is 11.8. The average Bonchev–Trinajstić information content (AvgIpc) is 2.35. The number of nitriles is 1. The van der Waals surface area contributed by atoms with Crippen LogP contribution in [0.5, 0.6) is 11.5 Å². The van der Waals surface area contributed by atoms with Gasteiger partial charge >= 0.3 is 0 Å². The van der Waals surface area contributed by atoms with E-state index in [1.807, 2.05) is 6.07 Å². The van der Waals surface area contributed by atoms with E-state index >= 15 is 0 Å². The van der Waals surface area contributed by atoms with Gasteiger partial charge in [0, 0.05) is 12.5 Å². The van der Waals surface area contributed by atoms with Crippen LogP contribution in [-0.2, 0) is 9.84 Å². The molecule has 0 spiro atoms. The van der Waals surface area contributed by atoms with E-state index in [4.69, 9.17) is 14.7 Å². The summed E-state index contributed by atoms with van der Waals surface area (Å²) in [7, 11) is -0.530. The molecular formula is C11H13NO4S. The largest absolute Gasteiger partial charge is 0.493 e. The Morgan fingerprint density at radius 1 is 1.24 bits per heavy atom. The van der Waals surface area contributed by atoms with Crippen molar-refractivity contribution in [2.45, 2.75) is 11.3 Å². The highest BCUT2D eigenvalue weighted by Crippen LogP contribution is 2.29. The molecule has 0 aromatic heterocycles. The third-order valence-corrected chi connectivity index (χ3v) is 3.91. The van der Waals surface area contributed by atoms with Gasteiger partial charge in [-0.1, -0.05) is 0 Å². The molecule has 17 heavy (non-hydrogen) atoms. The van der Waals surface area contributed by atoms with E-state index < -0.39 is 9.84 Å². The summed E-state index contributed by atoms with van der Waals surface area (Å²) in [5.74, 6) is 0.621. The molecule has 92 valence electrons. The van der Waals surface area contributed by atoms with Crippen molar-refractivity contribution < 1.29 is 17.9 Å². The predicted octanol–water partition coefficient (Wildman–Crippen LogP) is 1.39. The number of sulfone groups is 1. The van der Waals surface area contributed by atoms with Gasteiger partial charge in [-0.25, -0.2) is 8.42 Å². The molecule has 0 N–H and O–H groups in total. The summed E-state index contributed by atoms with van der Waals surface area (Å²) in [4.78, 5) is 0.130. The fourth-order valence-electron chi connectivity index (χ4n) is 1.31. The Kier molecular flexibility index (Phi) is 4.35. The Hall–Kier alpha value is -1.74. The van der Waals surface area contributed by atoms with Crippen molar-refractivity contribution in [2.24, 2.45) is 0 Å². The Labute approximate surface area is 101 Å². The van der Waals surface area contributed by atoms with E-state index in [-0.39, 0.29) is 17.1 Å². The summed E-state index contributed by atoms with van der Waals surface area (Å²) in [6.07, 6.45) is -0.0311. The molecule has 0 saturated carbocycles. The van der Waals surface area contributed by atoms with E-state index in [9.17, 15) is 8.42 Å². The van der Waals surface area contributed by atoms with Crippen molar-refractivity contribution in [3.8, 4) is 17.6 Å². The molecule has 0 fully saturated rings. The van der Waals surface area contributed by atoms with Gasteiger partial charge in [-0.05, 0) is 12.1 Å². The van der Waals surface area contributed by atoms with Crippen molar-refractivity contribution >= 4 is 9.84 Å². The average molecular weight is 255 g/mol. The number of ether oxygens (including phenoxy) is 2. The lowest BCUT2D eigenvalue weighted by Gasteiger charge is -2.09. The van der Waals surface area contributed by atoms with E-state index in [1.54, 1.807) is 0 Å². The number of methoxy groups -OCH3 is 2. The molecule has 0 aliphatic rings. The highest BCUT2D eigenvalue weighted by molar-refractivity contribution is 7.91. The van der Waals surface area contributed by atoms with Crippen molar-refractivity contribution in [1.82, 2.24) is 0 Å². The van der Waals surface area contributed by atoms with E-state index in [2.05, 4.69) is 0 Å². The molecular weight excluding hydrogens is 242 g/mol. The van der Waals surface area contributed by atoms with E-state index in [1.165, 1.54) is 32.4 Å². The second kappa shape index (κ2) is 5.55. The topological polar surface area (TPSA) is 76.4 Å². The molecule has 1 aromatic rings. The molecule has 1 rings (SSSR count). The van der Waals surface area contributed by atoms with Crippen LogP contribution in [-0.4, -0.2) is 28.4 Å². The molecule has 0 aliphatic heterocycles. The smallest absolute Gasteiger partial charge is 0.179 e. The number of hydrogen-bond acceptors (Lipinski definition) is 5. The number of hydrogen-bond donors (Lipinski definition) is 0. The summed E-state index contributed by atoms with van der Waals surface area (Å²) in [6.45, 7) is 0. The Bertz CT molecular complexity index is 531. The monoisotopic (exact) mass is 255 g/mol. The minimum absolute atomic E-state index is 0.0311. The number of rotatable bonds is 5. The lowest BCUT2D eigenvalue weighted by Crippen LogP contribution is -2.06. The van der Waals surface area contributed by atoms with Crippen LogP contribution in [0.15, 0.2) is 23.1 Å². The van der Waals surface area contributed by atoms with Gasteiger partial charge in [0.2, 0.25) is 0 Å². The van der Waals surface area contributed by atoms with Gasteiger partial charge in [0.1, 0.15) is 0 Å². The first-order valence-corrected chi connectivity index (χ1v) is 6.52. The zero-order chi connectivity index (χ0) is 12.9. The highest BCUT2D eigenvalue weighted by atomic mass is 32.2. The molecule has 0 amide bonds. The molecule has 0 unspecified atom stereocenters. The van der Waals surface area contributed by atoms with Gasteiger partial charge in [0.15, 0.2) is 21.3 Å². The van der Waals surface area contributed by atoms with E-state index in [0.29, 0.717) is 11.5 Å². The zero-order valence-corrected chi connectivity index (χ0v) is 10.5. The van der Waals surface area contributed by atoms with Gasteiger partial charge in [-0.2, -0.15) is 5.26 Å². The van der Waals surface area contributed by atoms with Crippen molar-refractivity contribution in [1.29, 1.82) is 5.26 Å². The minimum Gasteiger partial charge on any atom is -0.493 e. The molecule has 1 aromatic carbocycles. The second-order valence-corrected chi connectivity index (χ2v) is 5.35. The van der Waals surface area contributed by atoms with Crippen molar-refractivity contribution in [2.75, 3.05) is 20.0 Å². The number of nitrogens with zero attached hydrogens (tertiary/aromatic N) is 1. The van der Waals surface area contributed by atoms with Crippen LogP contribution < -0.4 is 9.47 Å². The summed E-state index contributed by atoms with van der Waals surface area (Å²) < 4.78 is 33.7. The molecule has 0 saturated heterocycles. The third-order valence-electron chi connectivity index (χ3n) is 2.20. The predicted molar refractivity (Wildman–Crippen MR) is 61.8 cm³/mol. The maximum absolute atomic E-state index is 11.8.